The first-order valence-electron chi connectivity index (χ1n) is 8.72. The summed E-state index contributed by atoms with van der Waals surface area (Å²) in [4.78, 5) is 12.3. The maximum absolute atomic E-state index is 12.8. The van der Waals surface area contributed by atoms with E-state index in [-0.39, 0.29) is 17.3 Å². The topological polar surface area (TPSA) is 102 Å². The largest absolute Gasteiger partial charge is 0.495 e. The number of quaternary nitrogens is 1. The van der Waals surface area contributed by atoms with Crippen molar-refractivity contribution in [1.29, 1.82) is 0 Å². The van der Waals surface area contributed by atoms with Crippen LogP contribution in [0.2, 0.25) is 0 Å². The number of anilines is 1. The van der Waals surface area contributed by atoms with Crippen LogP contribution in [0, 0.1) is 5.92 Å². The first-order chi connectivity index (χ1) is 12.3. The van der Waals surface area contributed by atoms with E-state index < -0.39 is 10.0 Å². The van der Waals surface area contributed by atoms with Gasteiger partial charge >= 0.3 is 0 Å². The zero-order chi connectivity index (χ0) is 19.2. The molecule has 9 heteroatoms. The van der Waals surface area contributed by atoms with Gasteiger partial charge in [0.2, 0.25) is 10.0 Å². The second-order valence-corrected chi connectivity index (χ2v) is 8.49. The number of nitrogens with zero attached hydrogens (tertiary/aromatic N) is 1. The number of hydrogen-bond acceptors (Lipinski definition) is 5. The summed E-state index contributed by atoms with van der Waals surface area (Å²) in [5.74, 6) is 0.701. The number of methoxy groups -OCH3 is 1. The molecule has 8 nitrogen and oxygen atoms in total. The summed E-state index contributed by atoms with van der Waals surface area (Å²) in [6.07, 6.45) is 0. The number of nitrogens with one attached hydrogen (secondary N) is 1. The molecule has 0 unspecified atom stereocenters. The number of morpholine rings is 1. The quantitative estimate of drug-likeness (QED) is 0.648. The molecule has 0 radical (unpaired) electrons. The molecule has 0 aromatic heterocycles. The van der Waals surface area contributed by atoms with Crippen LogP contribution in [0.3, 0.4) is 0 Å². The number of carbonyl (C=O) groups is 1. The van der Waals surface area contributed by atoms with Gasteiger partial charge in [0.05, 0.1) is 37.5 Å². The maximum Gasteiger partial charge on any atom is 0.279 e. The highest BCUT2D eigenvalue weighted by Gasteiger charge is 2.27. The maximum atomic E-state index is 12.8. The predicted octanol–water partition coefficient (Wildman–Crippen LogP) is -0.126. The minimum atomic E-state index is -3.63. The fraction of sp³-hybridized carbons (Fsp3) is 0.588. The lowest BCUT2D eigenvalue weighted by molar-refractivity contribution is -0.648. The molecule has 0 spiro atoms. The summed E-state index contributed by atoms with van der Waals surface area (Å²) in [5, 5.41) is 4.67. The summed E-state index contributed by atoms with van der Waals surface area (Å²) in [6.45, 7) is 6.67. The number of hydrogen-bond donors (Lipinski definition) is 2. The van der Waals surface area contributed by atoms with Crippen molar-refractivity contribution in [1.82, 2.24) is 4.31 Å². The lowest BCUT2D eigenvalue weighted by Gasteiger charge is -2.26. The highest BCUT2D eigenvalue weighted by Crippen LogP contribution is 2.29. The molecule has 1 heterocycles. The van der Waals surface area contributed by atoms with E-state index in [1.54, 1.807) is 6.07 Å². The van der Waals surface area contributed by atoms with Crippen molar-refractivity contribution in [3.8, 4) is 5.75 Å². The lowest BCUT2D eigenvalue weighted by Crippen LogP contribution is -2.87. The van der Waals surface area contributed by atoms with Crippen LogP contribution in [0.5, 0.6) is 5.75 Å². The zero-order valence-corrected chi connectivity index (χ0v) is 16.3. The molecule has 1 saturated heterocycles. The van der Waals surface area contributed by atoms with E-state index in [0.717, 1.165) is 6.54 Å². The average Bonchev–Trinajstić information content (AvgIpc) is 2.62. The van der Waals surface area contributed by atoms with Gasteiger partial charge in [0.1, 0.15) is 5.75 Å². The summed E-state index contributed by atoms with van der Waals surface area (Å²) in [7, 11) is -2.16. The third-order valence-corrected chi connectivity index (χ3v) is 5.92. The van der Waals surface area contributed by atoms with Crippen LogP contribution in [-0.4, -0.2) is 65.1 Å². The Balaban J connectivity index is 2.15. The van der Waals surface area contributed by atoms with Gasteiger partial charge in [0.25, 0.3) is 5.91 Å². The number of sulfonamides is 1. The van der Waals surface area contributed by atoms with Crippen molar-refractivity contribution in [2.45, 2.75) is 18.7 Å². The smallest absolute Gasteiger partial charge is 0.279 e. The predicted molar refractivity (Wildman–Crippen MR) is 97.7 cm³/mol. The average molecular weight is 386 g/mol. The number of ether oxygens (including phenoxy) is 2. The first-order valence-corrected chi connectivity index (χ1v) is 10.2. The highest BCUT2D eigenvalue weighted by atomic mass is 32.2. The van der Waals surface area contributed by atoms with Gasteiger partial charge < -0.3 is 20.1 Å². The van der Waals surface area contributed by atoms with Crippen LogP contribution in [0.25, 0.3) is 0 Å². The molecule has 1 aromatic carbocycles. The van der Waals surface area contributed by atoms with Crippen molar-refractivity contribution in [3.05, 3.63) is 18.2 Å². The highest BCUT2D eigenvalue weighted by molar-refractivity contribution is 7.89. The van der Waals surface area contributed by atoms with Gasteiger partial charge in [-0.25, -0.2) is 8.42 Å². The van der Waals surface area contributed by atoms with Crippen LogP contribution in [0.1, 0.15) is 13.8 Å². The molecule has 1 fully saturated rings. The molecule has 1 aromatic rings. The van der Waals surface area contributed by atoms with Crippen molar-refractivity contribution in [3.63, 3.8) is 0 Å². The second kappa shape index (κ2) is 9.31. The zero-order valence-electron chi connectivity index (χ0n) is 15.5. The van der Waals surface area contributed by atoms with Crippen molar-refractivity contribution in [2.75, 3.05) is 51.8 Å². The molecule has 1 amide bonds. The van der Waals surface area contributed by atoms with Gasteiger partial charge in [-0.15, -0.1) is 0 Å². The third kappa shape index (κ3) is 5.41. The number of nitrogens with two attached hydrogens (primary N) is 1. The molecule has 26 heavy (non-hydrogen) atoms. The van der Waals surface area contributed by atoms with Crippen molar-refractivity contribution >= 4 is 21.6 Å². The summed E-state index contributed by atoms with van der Waals surface area (Å²) < 4.78 is 37.4. The van der Waals surface area contributed by atoms with E-state index in [9.17, 15) is 13.2 Å². The van der Waals surface area contributed by atoms with Gasteiger partial charge in [-0.05, 0) is 18.2 Å². The lowest BCUT2D eigenvalue weighted by atomic mass is 10.2. The molecule has 0 bridgehead atoms. The van der Waals surface area contributed by atoms with E-state index in [2.05, 4.69) is 19.2 Å². The van der Waals surface area contributed by atoms with Crippen molar-refractivity contribution < 1.29 is 28.0 Å². The Kier molecular flexibility index (Phi) is 7.39. The molecule has 3 N–H and O–H groups in total. The van der Waals surface area contributed by atoms with Crippen LogP contribution in [0.15, 0.2) is 23.1 Å². The van der Waals surface area contributed by atoms with Gasteiger partial charge in [0, 0.05) is 19.0 Å². The Morgan fingerprint density at radius 1 is 1.35 bits per heavy atom. The number of amides is 1. The molecule has 2 rings (SSSR count). The van der Waals surface area contributed by atoms with E-state index >= 15 is 0 Å². The Morgan fingerprint density at radius 3 is 2.65 bits per heavy atom. The minimum absolute atomic E-state index is 0.127. The molecule has 0 atom stereocenters. The third-order valence-electron chi connectivity index (χ3n) is 4.02. The van der Waals surface area contributed by atoms with Crippen LogP contribution >= 0.6 is 0 Å². The van der Waals surface area contributed by atoms with E-state index in [0.29, 0.717) is 43.7 Å². The van der Waals surface area contributed by atoms with Crippen LogP contribution in [-0.2, 0) is 19.6 Å². The van der Waals surface area contributed by atoms with Crippen LogP contribution in [0.4, 0.5) is 5.69 Å². The Morgan fingerprint density at radius 2 is 2.04 bits per heavy atom. The summed E-state index contributed by atoms with van der Waals surface area (Å²) in [5.41, 5.74) is 0.352. The SMILES string of the molecule is COc1ccc(S(=O)(=O)N2CCOCC2)cc1NC(=O)C[NH2+]CC(C)C. The normalized spacial score (nSPS) is 15.8. The number of rotatable bonds is 8. The van der Waals surface area contributed by atoms with Gasteiger partial charge in [0.15, 0.2) is 6.54 Å². The van der Waals surface area contributed by atoms with Gasteiger partial charge in [-0.3, -0.25) is 4.79 Å². The fourth-order valence-corrected chi connectivity index (χ4v) is 4.06. The van der Waals surface area contributed by atoms with Gasteiger partial charge in [-0.1, -0.05) is 13.8 Å². The molecule has 1 aliphatic heterocycles. The molecule has 0 aliphatic carbocycles. The Labute approximate surface area is 154 Å². The molecular formula is C17H28N3O5S+. The first kappa shape index (κ1) is 20.6. The fourth-order valence-electron chi connectivity index (χ4n) is 2.63. The number of carbonyl (C=O) groups excluding carboxylic acids is 1. The minimum Gasteiger partial charge on any atom is -0.495 e. The molecule has 146 valence electrons. The summed E-state index contributed by atoms with van der Waals surface area (Å²) >= 11 is 0. The molecular weight excluding hydrogens is 358 g/mol. The van der Waals surface area contributed by atoms with E-state index in [1.807, 2.05) is 5.32 Å². The number of benzene rings is 1. The second-order valence-electron chi connectivity index (χ2n) is 6.55. The van der Waals surface area contributed by atoms with Crippen molar-refractivity contribution in [2.24, 2.45) is 5.92 Å². The Hall–Kier alpha value is -1.68. The molecule has 0 saturated carbocycles. The van der Waals surface area contributed by atoms with Crippen LogP contribution < -0.4 is 15.4 Å². The van der Waals surface area contributed by atoms with Gasteiger partial charge in [-0.2, -0.15) is 4.31 Å². The standard InChI is InChI=1S/C17H27N3O5S/c1-13(2)11-18-12-17(21)19-15-10-14(4-5-16(15)24-3)26(22,23)20-6-8-25-9-7-20/h4-5,10,13,18H,6-9,11-12H2,1-3H3,(H,19,21)/p+1. The van der Waals surface area contributed by atoms with E-state index in [4.69, 9.17) is 9.47 Å². The monoisotopic (exact) mass is 386 g/mol. The Bertz CT molecular complexity index is 715. The summed E-state index contributed by atoms with van der Waals surface area (Å²) in [6, 6.07) is 4.49. The molecule has 1 aliphatic rings. The van der Waals surface area contributed by atoms with E-state index in [1.165, 1.54) is 23.5 Å².